The topological polar surface area (TPSA) is 53.4 Å². The van der Waals surface area contributed by atoms with Crippen LogP contribution in [0.3, 0.4) is 0 Å². The number of rotatable bonds is 4. The van der Waals surface area contributed by atoms with Gasteiger partial charge in [-0.1, -0.05) is 6.07 Å². The van der Waals surface area contributed by atoms with Crippen molar-refractivity contribution in [2.75, 3.05) is 11.9 Å². The first kappa shape index (κ1) is 13.5. The molecule has 2 aromatic rings. The van der Waals surface area contributed by atoms with Crippen LogP contribution >= 0.6 is 11.3 Å². The van der Waals surface area contributed by atoms with Crippen LogP contribution in [0.25, 0.3) is 0 Å². The monoisotopic (exact) mass is 276 g/mol. The summed E-state index contributed by atoms with van der Waals surface area (Å²) in [5.74, 6) is -0.967. The lowest BCUT2D eigenvalue weighted by Gasteiger charge is -2.19. The molecule has 0 aliphatic rings. The van der Waals surface area contributed by atoms with Crippen LogP contribution in [0.15, 0.2) is 23.6 Å². The van der Waals surface area contributed by atoms with Gasteiger partial charge in [0.25, 0.3) is 0 Å². The third-order valence-corrected chi connectivity index (χ3v) is 3.66. The van der Waals surface area contributed by atoms with Crippen molar-refractivity contribution in [1.29, 1.82) is 0 Å². The summed E-state index contributed by atoms with van der Waals surface area (Å²) in [5, 5.41) is 10.8. The molecule has 0 atom stereocenters. The fourth-order valence-corrected chi connectivity index (χ4v) is 2.63. The maximum Gasteiger partial charge on any atom is 0.365 e. The minimum absolute atomic E-state index is 0.142. The first-order valence-electron chi connectivity index (χ1n) is 5.93. The largest absolute Gasteiger partial charge is 0.476 e. The fourth-order valence-electron chi connectivity index (χ4n) is 1.98. The maximum atomic E-state index is 10.8. The zero-order valence-corrected chi connectivity index (χ0v) is 12.0. The highest BCUT2D eigenvalue weighted by Gasteiger charge is 2.11. The summed E-state index contributed by atoms with van der Waals surface area (Å²) < 4.78 is 0. The maximum absolute atomic E-state index is 10.8. The second-order valence-electron chi connectivity index (χ2n) is 4.65. The summed E-state index contributed by atoms with van der Waals surface area (Å²) >= 11 is 1.16. The van der Waals surface area contributed by atoms with Crippen LogP contribution in [0, 0.1) is 13.8 Å². The smallest absolute Gasteiger partial charge is 0.365 e. The van der Waals surface area contributed by atoms with Crippen LogP contribution < -0.4 is 4.90 Å². The Morgan fingerprint density at radius 2 is 1.95 bits per heavy atom. The average Bonchev–Trinajstić information content (AvgIpc) is 2.76. The quantitative estimate of drug-likeness (QED) is 0.932. The number of aryl methyl sites for hydroxylation is 2. The van der Waals surface area contributed by atoms with Crippen LogP contribution in [0.1, 0.15) is 26.6 Å². The fraction of sp³-hybridized carbons (Fsp3) is 0.286. The summed E-state index contributed by atoms with van der Waals surface area (Å²) in [4.78, 5) is 17.0. The third-order valence-electron chi connectivity index (χ3n) is 2.78. The second-order valence-corrected chi connectivity index (χ2v) is 5.51. The van der Waals surface area contributed by atoms with E-state index in [1.807, 2.05) is 7.05 Å². The second kappa shape index (κ2) is 5.40. The van der Waals surface area contributed by atoms with Gasteiger partial charge in [-0.25, -0.2) is 9.78 Å². The molecule has 0 spiro atoms. The highest BCUT2D eigenvalue weighted by molar-refractivity contribution is 7.11. The van der Waals surface area contributed by atoms with Crippen molar-refractivity contribution < 1.29 is 9.90 Å². The molecule has 0 unspecified atom stereocenters. The molecule has 19 heavy (non-hydrogen) atoms. The van der Waals surface area contributed by atoms with E-state index in [4.69, 9.17) is 5.11 Å². The number of nitrogens with zero attached hydrogens (tertiary/aromatic N) is 2. The third kappa shape index (κ3) is 3.32. The van der Waals surface area contributed by atoms with E-state index >= 15 is 0 Å². The van der Waals surface area contributed by atoms with E-state index in [0.717, 1.165) is 22.7 Å². The van der Waals surface area contributed by atoms with Crippen LogP contribution in [0.5, 0.6) is 0 Å². The number of carbonyl (C=O) groups is 1. The molecule has 0 fully saturated rings. The van der Waals surface area contributed by atoms with Crippen LogP contribution in [-0.2, 0) is 6.54 Å². The highest BCUT2D eigenvalue weighted by atomic mass is 32.1. The molecule has 0 aliphatic heterocycles. The van der Waals surface area contributed by atoms with Crippen LogP contribution in [-0.4, -0.2) is 23.1 Å². The van der Waals surface area contributed by atoms with Crippen molar-refractivity contribution in [3.63, 3.8) is 0 Å². The van der Waals surface area contributed by atoms with Gasteiger partial charge in [0.2, 0.25) is 5.01 Å². The van der Waals surface area contributed by atoms with Crippen molar-refractivity contribution in [3.05, 3.63) is 45.4 Å². The zero-order valence-electron chi connectivity index (χ0n) is 11.2. The minimum atomic E-state index is -0.967. The van der Waals surface area contributed by atoms with Crippen molar-refractivity contribution in [3.8, 4) is 0 Å². The molecule has 1 heterocycles. The van der Waals surface area contributed by atoms with Crippen molar-refractivity contribution in [2.24, 2.45) is 0 Å². The van der Waals surface area contributed by atoms with Gasteiger partial charge < -0.3 is 10.0 Å². The molecule has 0 saturated carbocycles. The summed E-state index contributed by atoms with van der Waals surface area (Å²) in [5.41, 5.74) is 4.32. The molecule has 0 saturated heterocycles. The Kier molecular flexibility index (Phi) is 3.85. The Hall–Kier alpha value is -1.88. The molecule has 1 N–H and O–H groups in total. The SMILES string of the molecule is Cc1cc(C)cc(N(C)Cc2csc(C(=O)O)n2)c1. The highest BCUT2D eigenvalue weighted by Crippen LogP contribution is 2.20. The number of anilines is 1. The molecule has 0 bridgehead atoms. The molecule has 1 aromatic heterocycles. The van der Waals surface area contributed by atoms with E-state index in [9.17, 15) is 4.79 Å². The van der Waals surface area contributed by atoms with Gasteiger partial charge in [0.15, 0.2) is 0 Å². The summed E-state index contributed by atoms with van der Waals surface area (Å²) in [7, 11) is 1.98. The number of carboxylic acid groups (broad SMARTS) is 1. The van der Waals surface area contributed by atoms with Crippen LogP contribution in [0.2, 0.25) is 0 Å². The number of thiazole rings is 1. The van der Waals surface area contributed by atoms with E-state index in [2.05, 4.69) is 41.9 Å². The molecule has 0 amide bonds. The lowest BCUT2D eigenvalue weighted by molar-refractivity contribution is 0.0696. The molecule has 0 aliphatic carbocycles. The molecule has 5 heteroatoms. The van der Waals surface area contributed by atoms with Gasteiger partial charge in [0.1, 0.15) is 0 Å². The molecule has 4 nitrogen and oxygen atoms in total. The van der Waals surface area contributed by atoms with E-state index in [1.165, 1.54) is 11.1 Å². The standard InChI is InChI=1S/C14H16N2O2S/c1-9-4-10(2)6-12(5-9)16(3)7-11-8-19-13(15-11)14(17)18/h4-6,8H,7H2,1-3H3,(H,17,18). The summed E-state index contributed by atoms with van der Waals surface area (Å²) in [6, 6.07) is 6.34. The molecule has 100 valence electrons. The van der Waals surface area contributed by atoms with E-state index in [0.29, 0.717) is 6.54 Å². The summed E-state index contributed by atoms with van der Waals surface area (Å²) in [6.45, 7) is 4.73. The first-order valence-corrected chi connectivity index (χ1v) is 6.81. The lowest BCUT2D eigenvalue weighted by atomic mass is 10.1. The number of benzene rings is 1. The zero-order chi connectivity index (χ0) is 14.0. The van der Waals surface area contributed by atoms with Gasteiger partial charge in [0.05, 0.1) is 12.2 Å². The number of aromatic carboxylic acids is 1. The Morgan fingerprint density at radius 3 is 2.47 bits per heavy atom. The predicted molar refractivity (Wildman–Crippen MR) is 77.1 cm³/mol. The first-order chi connectivity index (χ1) is 8.95. The minimum Gasteiger partial charge on any atom is -0.476 e. The number of hydrogen-bond acceptors (Lipinski definition) is 4. The number of aromatic nitrogens is 1. The van der Waals surface area contributed by atoms with Gasteiger partial charge in [0, 0.05) is 18.1 Å². The molecular formula is C14H16N2O2S. The average molecular weight is 276 g/mol. The predicted octanol–water partition coefficient (Wildman–Crippen LogP) is 3.09. The molecular weight excluding hydrogens is 260 g/mol. The van der Waals surface area contributed by atoms with E-state index in [-0.39, 0.29) is 5.01 Å². The van der Waals surface area contributed by atoms with Gasteiger partial charge >= 0.3 is 5.97 Å². The van der Waals surface area contributed by atoms with Crippen molar-refractivity contribution in [2.45, 2.75) is 20.4 Å². The Balaban J connectivity index is 2.15. The number of hydrogen-bond donors (Lipinski definition) is 1. The van der Waals surface area contributed by atoms with E-state index in [1.54, 1.807) is 5.38 Å². The number of carboxylic acids is 1. The summed E-state index contributed by atoms with van der Waals surface area (Å²) in [6.07, 6.45) is 0. The molecule has 2 rings (SSSR count). The Bertz CT molecular complexity index is 587. The van der Waals surface area contributed by atoms with Crippen molar-refractivity contribution >= 4 is 23.0 Å². The Morgan fingerprint density at radius 1 is 1.32 bits per heavy atom. The van der Waals surface area contributed by atoms with Gasteiger partial charge in [-0.15, -0.1) is 11.3 Å². The molecule has 0 radical (unpaired) electrons. The molecule has 1 aromatic carbocycles. The van der Waals surface area contributed by atoms with Gasteiger partial charge in [-0.2, -0.15) is 0 Å². The van der Waals surface area contributed by atoms with Crippen molar-refractivity contribution in [1.82, 2.24) is 4.98 Å². The van der Waals surface area contributed by atoms with Gasteiger partial charge in [-0.05, 0) is 37.1 Å². The normalized spacial score (nSPS) is 10.5. The van der Waals surface area contributed by atoms with Gasteiger partial charge in [-0.3, -0.25) is 0 Å². The van der Waals surface area contributed by atoms with Crippen LogP contribution in [0.4, 0.5) is 5.69 Å². The lowest BCUT2D eigenvalue weighted by Crippen LogP contribution is -2.17. The van der Waals surface area contributed by atoms with E-state index < -0.39 is 5.97 Å². The Labute approximate surface area is 116 Å².